The van der Waals surface area contributed by atoms with E-state index in [1.165, 1.54) is 0 Å². The van der Waals surface area contributed by atoms with Gasteiger partial charge in [0.25, 0.3) is 5.91 Å². The molecule has 0 N–H and O–H groups in total. The summed E-state index contributed by atoms with van der Waals surface area (Å²) in [6.45, 7) is 1.53. The first kappa shape index (κ1) is 16.7. The molecular weight excluding hydrogens is 318 g/mol. The number of pyridine rings is 1. The van der Waals surface area contributed by atoms with Crippen LogP contribution < -0.4 is 0 Å². The second kappa shape index (κ2) is 7.64. The number of likely N-dealkylation sites (N-methyl/N-ethyl adjacent to an activating group) is 1. The number of hydrogen-bond acceptors (Lipinski definition) is 4. The minimum Gasteiger partial charge on any atom is -0.320 e. The molecule has 1 aliphatic rings. The third kappa shape index (κ3) is 3.86. The van der Waals surface area contributed by atoms with Crippen LogP contribution in [0, 0.1) is 0 Å². The van der Waals surface area contributed by atoms with E-state index in [9.17, 15) is 4.79 Å². The standard InChI is InChI=1S/C19H21N3OS/c1-21(2)11-12-22-18(23)17(13-15-7-4-3-5-8-15)24-19(22)16-9-6-10-20-14-16/h3-10,13-14,19H,11-12H2,1-2H3/b17-13-. The summed E-state index contributed by atoms with van der Waals surface area (Å²) in [5.74, 6) is 0.0968. The van der Waals surface area contributed by atoms with Crippen molar-refractivity contribution in [3.63, 3.8) is 0 Å². The molecule has 24 heavy (non-hydrogen) atoms. The van der Waals surface area contributed by atoms with Gasteiger partial charge in [0.15, 0.2) is 0 Å². The summed E-state index contributed by atoms with van der Waals surface area (Å²) in [5, 5.41) is -0.0129. The fourth-order valence-electron chi connectivity index (χ4n) is 2.58. The molecular formula is C19H21N3OS. The van der Waals surface area contributed by atoms with E-state index in [4.69, 9.17) is 0 Å². The predicted octanol–water partition coefficient (Wildman–Crippen LogP) is 3.26. The van der Waals surface area contributed by atoms with Crippen LogP contribution >= 0.6 is 11.8 Å². The number of nitrogens with zero attached hydrogens (tertiary/aromatic N) is 3. The Labute approximate surface area is 147 Å². The highest BCUT2D eigenvalue weighted by molar-refractivity contribution is 8.04. The Hall–Kier alpha value is -2.11. The van der Waals surface area contributed by atoms with Crippen LogP contribution in [0.15, 0.2) is 59.8 Å². The zero-order valence-electron chi connectivity index (χ0n) is 13.9. The molecule has 1 aliphatic heterocycles. The number of thioether (sulfide) groups is 1. The Balaban J connectivity index is 1.89. The van der Waals surface area contributed by atoms with E-state index in [-0.39, 0.29) is 11.3 Å². The monoisotopic (exact) mass is 339 g/mol. The average Bonchev–Trinajstić information content (AvgIpc) is 2.91. The Morgan fingerprint density at radius 3 is 2.67 bits per heavy atom. The highest BCUT2D eigenvalue weighted by atomic mass is 32.2. The fourth-order valence-corrected chi connectivity index (χ4v) is 3.84. The average molecular weight is 339 g/mol. The first-order valence-electron chi connectivity index (χ1n) is 7.94. The van der Waals surface area contributed by atoms with E-state index < -0.39 is 0 Å². The van der Waals surface area contributed by atoms with Crippen LogP contribution in [0.25, 0.3) is 6.08 Å². The van der Waals surface area contributed by atoms with Gasteiger partial charge < -0.3 is 9.80 Å². The van der Waals surface area contributed by atoms with Gasteiger partial charge in [-0.05, 0) is 31.8 Å². The van der Waals surface area contributed by atoms with Gasteiger partial charge in [-0.2, -0.15) is 0 Å². The van der Waals surface area contributed by atoms with Gasteiger partial charge in [0, 0.05) is 31.0 Å². The Morgan fingerprint density at radius 2 is 2.00 bits per heavy atom. The summed E-state index contributed by atoms with van der Waals surface area (Å²) < 4.78 is 0. The van der Waals surface area contributed by atoms with Crippen LogP contribution in [0.3, 0.4) is 0 Å². The largest absolute Gasteiger partial charge is 0.320 e. The van der Waals surface area contributed by atoms with Gasteiger partial charge in [0.2, 0.25) is 0 Å². The van der Waals surface area contributed by atoms with Crippen LogP contribution in [0.4, 0.5) is 0 Å². The molecule has 1 fully saturated rings. The molecule has 1 amide bonds. The second-order valence-electron chi connectivity index (χ2n) is 5.98. The van der Waals surface area contributed by atoms with Crippen molar-refractivity contribution < 1.29 is 4.79 Å². The van der Waals surface area contributed by atoms with Crippen molar-refractivity contribution in [1.29, 1.82) is 0 Å². The summed E-state index contributed by atoms with van der Waals surface area (Å²) in [7, 11) is 4.04. The number of carbonyl (C=O) groups excluding carboxylic acids is 1. The quantitative estimate of drug-likeness (QED) is 0.784. The van der Waals surface area contributed by atoms with Crippen LogP contribution in [0.1, 0.15) is 16.5 Å². The maximum atomic E-state index is 12.9. The number of aromatic nitrogens is 1. The molecule has 5 heteroatoms. The van der Waals surface area contributed by atoms with Gasteiger partial charge in [-0.1, -0.05) is 48.2 Å². The lowest BCUT2D eigenvalue weighted by Crippen LogP contribution is -2.34. The molecule has 0 bridgehead atoms. The van der Waals surface area contributed by atoms with E-state index in [1.807, 2.05) is 73.7 Å². The molecule has 1 aromatic heterocycles. The summed E-state index contributed by atoms with van der Waals surface area (Å²) in [4.78, 5) is 21.9. The van der Waals surface area contributed by atoms with Crippen molar-refractivity contribution in [2.75, 3.05) is 27.2 Å². The summed E-state index contributed by atoms with van der Waals surface area (Å²) in [5.41, 5.74) is 2.11. The number of benzene rings is 1. The maximum Gasteiger partial charge on any atom is 0.261 e. The molecule has 0 aliphatic carbocycles. The van der Waals surface area contributed by atoms with Crippen LogP contribution in [-0.2, 0) is 4.79 Å². The zero-order chi connectivity index (χ0) is 16.9. The van der Waals surface area contributed by atoms with E-state index >= 15 is 0 Å². The Kier molecular flexibility index (Phi) is 5.33. The molecule has 1 unspecified atom stereocenters. The van der Waals surface area contributed by atoms with E-state index in [2.05, 4.69) is 9.88 Å². The van der Waals surface area contributed by atoms with Crippen molar-refractivity contribution >= 4 is 23.7 Å². The predicted molar refractivity (Wildman–Crippen MR) is 99.3 cm³/mol. The van der Waals surface area contributed by atoms with Gasteiger partial charge in [0.1, 0.15) is 5.37 Å². The van der Waals surface area contributed by atoms with Crippen LogP contribution in [0.5, 0.6) is 0 Å². The molecule has 0 spiro atoms. The van der Waals surface area contributed by atoms with Crippen molar-refractivity contribution in [2.45, 2.75) is 5.37 Å². The van der Waals surface area contributed by atoms with Crippen LogP contribution in [-0.4, -0.2) is 47.9 Å². The number of amides is 1. The molecule has 0 radical (unpaired) electrons. The summed E-state index contributed by atoms with van der Waals surface area (Å²) in [6, 6.07) is 13.9. The summed E-state index contributed by atoms with van der Waals surface area (Å²) >= 11 is 1.61. The molecule has 1 atom stereocenters. The molecule has 2 heterocycles. The van der Waals surface area contributed by atoms with Crippen molar-refractivity contribution in [1.82, 2.24) is 14.8 Å². The molecule has 2 aromatic rings. The van der Waals surface area contributed by atoms with Crippen LogP contribution in [0.2, 0.25) is 0 Å². The van der Waals surface area contributed by atoms with Gasteiger partial charge >= 0.3 is 0 Å². The lowest BCUT2D eigenvalue weighted by molar-refractivity contribution is -0.126. The maximum absolute atomic E-state index is 12.9. The Bertz CT molecular complexity index is 716. The smallest absolute Gasteiger partial charge is 0.261 e. The highest BCUT2D eigenvalue weighted by Crippen LogP contribution is 2.45. The van der Waals surface area contributed by atoms with Gasteiger partial charge in [-0.15, -0.1) is 0 Å². The van der Waals surface area contributed by atoms with E-state index in [0.717, 1.165) is 22.6 Å². The van der Waals surface area contributed by atoms with Gasteiger partial charge in [-0.25, -0.2) is 0 Å². The molecule has 0 saturated carbocycles. The van der Waals surface area contributed by atoms with E-state index in [0.29, 0.717) is 6.54 Å². The molecule has 4 nitrogen and oxygen atoms in total. The van der Waals surface area contributed by atoms with Crippen molar-refractivity contribution in [2.24, 2.45) is 0 Å². The third-order valence-electron chi connectivity index (χ3n) is 3.85. The first-order chi connectivity index (χ1) is 11.6. The second-order valence-corrected chi connectivity index (χ2v) is 7.10. The number of carbonyl (C=O) groups is 1. The minimum atomic E-state index is -0.0129. The highest BCUT2D eigenvalue weighted by Gasteiger charge is 2.36. The number of hydrogen-bond donors (Lipinski definition) is 0. The lowest BCUT2D eigenvalue weighted by Gasteiger charge is -2.24. The summed E-state index contributed by atoms with van der Waals surface area (Å²) in [6.07, 6.45) is 5.58. The topological polar surface area (TPSA) is 36.4 Å². The van der Waals surface area contributed by atoms with E-state index in [1.54, 1.807) is 18.0 Å². The first-order valence-corrected chi connectivity index (χ1v) is 8.82. The molecule has 1 saturated heterocycles. The molecule has 124 valence electrons. The van der Waals surface area contributed by atoms with Crippen molar-refractivity contribution in [3.8, 4) is 0 Å². The zero-order valence-corrected chi connectivity index (χ0v) is 14.7. The molecule has 1 aromatic carbocycles. The van der Waals surface area contributed by atoms with Gasteiger partial charge in [0.05, 0.1) is 4.91 Å². The number of rotatable bonds is 5. The van der Waals surface area contributed by atoms with Crippen molar-refractivity contribution in [3.05, 3.63) is 70.9 Å². The normalized spacial score (nSPS) is 19.5. The fraction of sp³-hybridized carbons (Fsp3) is 0.263. The minimum absolute atomic E-state index is 0.0129. The SMILES string of the molecule is CN(C)CCN1C(=O)/C(=C/c2ccccc2)SC1c1cccnc1. The lowest BCUT2D eigenvalue weighted by atomic mass is 10.2. The molecule has 3 rings (SSSR count). The third-order valence-corrected chi connectivity index (χ3v) is 5.14. The Morgan fingerprint density at radius 1 is 1.21 bits per heavy atom. The van der Waals surface area contributed by atoms with Gasteiger partial charge in [-0.3, -0.25) is 9.78 Å².